The van der Waals surface area contributed by atoms with Crippen molar-refractivity contribution in [2.24, 2.45) is 5.41 Å². The lowest BCUT2D eigenvalue weighted by molar-refractivity contribution is -0.138. The average molecular weight is 256 g/mol. The first kappa shape index (κ1) is 12.0. The van der Waals surface area contributed by atoms with Crippen molar-refractivity contribution in [1.29, 1.82) is 5.26 Å². The van der Waals surface area contributed by atoms with Crippen molar-refractivity contribution >= 4 is 5.91 Å². The fraction of sp³-hybridized carbons (Fsp3) is 0.467. The number of likely N-dealkylation sites (tertiary alicyclic amines) is 1. The molecule has 98 valence electrons. The first-order chi connectivity index (χ1) is 9.03. The number of ether oxygens (including phenoxy) is 1. The van der Waals surface area contributed by atoms with Crippen LogP contribution in [0.15, 0.2) is 24.3 Å². The molecule has 1 amide bonds. The molecule has 1 fully saturated rings. The summed E-state index contributed by atoms with van der Waals surface area (Å²) in [6.45, 7) is 3.91. The summed E-state index contributed by atoms with van der Waals surface area (Å²) in [4.78, 5) is 14.3. The number of benzene rings is 1. The van der Waals surface area contributed by atoms with E-state index in [4.69, 9.17) is 10.00 Å². The van der Waals surface area contributed by atoms with E-state index in [2.05, 4.69) is 6.07 Å². The summed E-state index contributed by atoms with van der Waals surface area (Å²) in [5.41, 5.74) is 0.0743. The van der Waals surface area contributed by atoms with Crippen molar-refractivity contribution in [1.82, 2.24) is 4.90 Å². The number of nitrogens with zero attached hydrogens (tertiary/aromatic N) is 2. The van der Waals surface area contributed by atoms with E-state index in [1.54, 1.807) is 18.7 Å². The van der Waals surface area contributed by atoms with Crippen LogP contribution < -0.4 is 4.74 Å². The number of carbonyl (C=O) groups is 1. The van der Waals surface area contributed by atoms with Crippen LogP contribution in [0.3, 0.4) is 0 Å². The van der Waals surface area contributed by atoms with E-state index in [0.29, 0.717) is 6.54 Å². The van der Waals surface area contributed by atoms with Crippen molar-refractivity contribution in [3.63, 3.8) is 0 Å². The molecule has 0 saturated carbocycles. The normalized spacial score (nSPS) is 24.4. The number of hydrogen-bond acceptors (Lipinski definition) is 3. The van der Waals surface area contributed by atoms with Crippen LogP contribution in [0.1, 0.15) is 31.9 Å². The third kappa shape index (κ3) is 1.77. The van der Waals surface area contributed by atoms with Crippen LogP contribution in [0.2, 0.25) is 0 Å². The van der Waals surface area contributed by atoms with Crippen LogP contribution in [-0.2, 0) is 4.79 Å². The van der Waals surface area contributed by atoms with Crippen molar-refractivity contribution < 1.29 is 9.53 Å². The summed E-state index contributed by atoms with van der Waals surface area (Å²) in [5, 5.41) is 9.13. The van der Waals surface area contributed by atoms with Crippen LogP contribution >= 0.6 is 0 Å². The molecule has 0 spiro atoms. The molecule has 1 aromatic rings. The highest BCUT2D eigenvalue weighted by atomic mass is 16.5. The Hall–Kier alpha value is -2.02. The number of para-hydroxylation sites is 1. The summed E-state index contributed by atoms with van der Waals surface area (Å²) in [5.74, 6) is 0.761. The van der Waals surface area contributed by atoms with E-state index < -0.39 is 5.41 Å². The van der Waals surface area contributed by atoms with Crippen LogP contribution in [0.25, 0.3) is 0 Å². The predicted molar refractivity (Wildman–Crippen MR) is 69.3 cm³/mol. The van der Waals surface area contributed by atoms with E-state index in [1.165, 1.54) is 0 Å². The molecule has 0 radical (unpaired) electrons. The zero-order valence-electron chi connectivity index (χ0n) is 11.1. The number of hydrogen-bond donors (Lipinski definition) is 0. The van der Waals surface area contributed by atoms with E-state index in [1.807, 2.05) is 24.3 Å². The van der Waals surface area contributed by atoms with Gasteiger partial charge < -0.3 is 9.64 Å². The topological polar surface area (TPSA) is 53.3 Å². The third-order valence-electron chi connectivity index (χ3n) is 3.91. The van der Waals surface area contributed by atoms with Gasteiger partial charge in [-0.1, -0.05) is 18.2 Å². The zero-order valence-corrected chi connectivity index (χ0v) is 11.1. The second kappa shape index (κ2) is 3.99. The first-order valence-electron chi connectivity index (χ1n) is 6.51. The quantitative estimate of drug-likeness (QED) is 0.774. The molecule has 0 N–H and O–H groups in total. The molecule has 4 heteroatoms. The Morgan fingerprint density at radius 2 is 2.21 bits per heavy atom. The molecule has 0 aromatic heterocycles. The van der Waals surface area contributed by atoms with Gasteiger partial charge in [-0.3, -0.25) is 4.79 Å². The van der Waals surface area contributed by atoms with E-state index in [9.17, 15) is 4.79 Å². The second-order valence-electron chi connectivity index (χ2n) is 5.72. The molecule has 0 unspecified atom stereocenters. The molecule has 2 aliphatic heterocycles. The summed E-state index contributed by atoms with van der Waals surface area (Å²) < 4.78 is 5.87. The summed E-state index contributed by atoms with van der Waals surface area (Å²) in [6.07, 6.45) is 0.878. The standard InChI is InChI=1S/C15H16N2O2/c1-15(2,9-16)14(18)17-8-10-7-12(17)11-5-3-4-6-13(11)19-10/h3-6,10,12H,7-8H2,1-2H3/t10-,12-/m0/s1. The summed E-state index contributed by atoms with van der Waals surface area (Å²) >= 11 is 0. The molecular weight excluding hydrogens is 240 g/mol. The Morgan fingerprint density at radius 3 is 2.95 bits per heavy atom. The molecule has 4 nitrogen and oxygen atoms in total. The van der Waals surface area contributed by atoms with Crippen LogP contribution in [-0.4, -0.2) is 23.5 Å². The van der Waals surface area contributed by atoms with Crippen LogP contribution in [0.5, 0.6) is 5.75 Å². The zero-order chi connectivity index (χ0) is 13.6. The summed E-state index contributed by atoms with van der Waals surface area (Å²) in [6, 6.07) is 9.98. The minimum absolute atomic E-state index is 0.0510. The monoisotopic (exact) mass is 256 g/mol. The van der Waals surface area contributed by atoms with Crippen molar-refractivity contribution in [3.8, 4) is 11.8 Å². The highest BCUT2D eigenvalue weighted by molar-refractivity contribution is 5.85. The van der Waals surface area contributed by atoms with Gasteiger partial charge >= 0.3 is 0 Å². The molecule has 1 aromatic carbocycles. The minimum Gasteiger partial charge on any atom is -0.488 e. The Bertz CT molecular complexity index is 574. The first-order valence-corrected chi connectivity index (χ1v) is 6.51. The highest BCUT2D eigenvalue weighted by Gasteiger charge is 2.45. The maximum Gasteiger partial charge on any atom is 0.243 e. The maximum atomic E-state index is 12.5. The van der Waals surface area contributed by atoms with Crippen molar-refractivity contribution in [3.05, 3.63) is 29.8 Å². The van der Waals surface area contributed by atoms with Gasteiger partial charge in [0.05, 0.1) is 18.7 Å². The van der Waals surface area contributed by atoms with Crippen molar-refractivity contribution in [2.45, 2.75) is 32.4 Å². The maximum absolute atomic E-state index is 12.5. The second-order valence-corrected chi connectivity index (χ2v) is 5.72. The molecule has 2 bridgehead atoms. The van der Waals surface area contributed by atoms with Gasteiger partial charge in [-0.15, -0.1) is 0 Å². The Labute approximate surface area is 112 Å². The number of fused-ring (bicyclic) bond motifs is 4. The lowest BCUT2D eigenvalue weighted by atomic mass is 9.92. The van der Waals surface area contributed by atoms with E-state index in [-0.39, 0.29) is 18.1 Å². The smallest absolute Gasteiger partial charge is 0.243 e. The van der Waals surface area contributed by atoms with Crippen molar-refractivity contribution in [2.75, 3.05) is 6.54 Å². The highest BCUT2D eigenvalue weighted by Crippen LogP contribution is 2.44. The van der Waals surface area contributed by atoms with Gasteiger partial charge in [0.25, 0.3) is 0 Å². The van der Waals surface area contributed by atoms with Gasteiger partial charge in [-0.25, -0.2) is 0 Å². The Morgan fingerprint density at radius 1 is 1.47 bits per heavy atom. The Kier molecular flexibility index (Phi) is 2.53. The lowest BCUT2D eigenvalue weighted by Crippen LogP contribution is -2.40. The molecule has 2 aliphatic rings. The number of carbonyl (C=O) groups excluding carboxylic acids is 1. The van der Waals surface area contributed by atoms with E-state index >= 15 is 0 Å². The number of amides is 1. The average Bonchev–Trinajstić information content (AvgIpc) is 2.76. The largest absolute Gasteiger partial charge is 0.488 e. The SMILES string of the molecule is CC(C)(C#N)C(=O)N1C[C@@H]2C[C@H]1c1ccccc1O2. The van der Waals surface area contributed by atoms with Gasteiger partial charge in [-0.05, 0) is 19.9 Å². The lowest BCUT2D eigenvalue weighted by Gasteiger charge is -2.29. The predicted octanol–water partition coefficient (Wildman–Crippen LogP) is 2.27. The van der Waals surface area contributed by atoms with Gasteiger partial charge in [0, 0.05) is 12.0 Å². The van der Waals surface area contributed by atoms with Gasteiger partial charge in [-0.2, -0.15) is 5.26 Å². The fourth-order valence-corrected chi connectivity index (χ4v) is 2.85. The molecule has 2 atom stereocenters. The minimum atomic E-state index is -0.980. The van der Waals surface area contributed by atoms with Gasteiger partial charge in [0.15, 0.2) is 0 Å². The van der Waals surface area contributed by atoms with Gasteiger partial charge in [0.1, 0.15) is 17.3 Å². The molecule has 2 heterocycles. The molecule has 3 rings (SSSR count). The molecule has 1 saturated heterocycles. The Balaban J connectivity index is 1.96. The fourth-order valence-electron chi connectivity index (χ4n) is 2.85. The van der Waals surface area contributed by atoms with E-state index in [0.717, 1.165) is 17.7 Å². The van der Waals surface area contributed by atoms with Crippen LogP contribution in [0, 0.1) is 16.7 Å². The molecule has 0 aliphatic carbocycles. The number of nitriles is 1. The molecular formula is C15H16N2O2. The van der Waals surface area contributed by atoms with Gasteiger partial charge in [0.2, 0.25) is 5.91 Å². The summed E-state index contributed by atoms with van der Waals surface area (Å²) in [7, 11) is 0. The number of rotatable bonds is 1. The molecule has 19 heavy (non-hydrogen) atoms. The third-order valence-corrected chi connectivity index (χ3v) is 3.91. The van der Waals surface area contributed by atoms with Crippen LogP contribution in [0.4, 0.5) is 0 Å².